The number of carbonyl (C=O) groups excluding carboxylic acids is 2. The third-order valence-corrected chi connectivity index (χ3v) is 9.26. The summed E-state index contributed by atoms with van der Waals surface area (Å²) in [6.07, 6.45) is 0.887. The summed E-state index contributed by atoms with van der Waals surface area (Å²) in [4.78, 5) is 29.6. The summed E-state index contributed by atoms with van der Waals surface area (Å²) in [5.41, 5.74) is 2.64. The second kappa shape index (κ2) is 14.8. The summed E-state index contributed by atoms with van der Waals surface area (Å²) in [5.74, 6) is -1.36. The number of sulfonamides is 1. The van der Waals surface area contributed by atoms with Gasteiger partial charge in [-0.3, -0.25) is 13.9 Å². The first-order chi connectivity index (χ1) is 21.1. The Balaban J connectivity index is 1.78. The van der Waals surface area contributed by atoms with Crippen LogP contribution in [0, 0.1) is 12.7 Å². The van der Waals surface area contributed by atoms with Crippen molar-refractivity contribution in [2.75, 3.05) is 10.8 Å². The monoisotopic (exact) mass is 615 g/mol. The van der Waals surface area contributed by atoms with Gasteiger partial charge in [0.05, 0.1) is 10.6 Å². The van der Waals surface area contributed by atoms with Crippen LogP contribution in [0.3, 0.4) is 0 Å². The number of hydrogen-bond donors (Lipinski definition) is 1. The predicted molar refractivity (Wildman–Crippen MR) is 171 cm³/mol. The van der Waals surface area contributed by atoms with Crippen molar-refractivity contribution in [3.8, 4) is 0 Å². The largest absolute Gasteiger partial charge is 0.352 e. The molecule has 0 aliphatic heterocycles. The van der Waals surface area contributed by atoms with Crippen LogP contribution in [0.4, 0.5) is 10.1 Å². The van der Waals surface area contributed by atoms with Crippen LogP contribution in [0.15, 0.2) is 114 Å². The number of rotatable bonds is 13. The van der Waals surface area contributed by atoms with Crippen molar-refractivity contribution >= 4 is 27.5 Å². The van der Waals surface area contributed by atoms with Gasteiger partial charge in [0.15, 0.2) is 0 Å². The molecule has 7 nitrogen and oxygen atoms in total. The predicted octanol–water partition coefficient (Wildman–Crippen LogP) is 5.88. The van der Waals surface area contributed by atoms with Crippen LogP contribution >= 0.6 is 0 Å². The highest BCUT2D eigenvalue weighted by Gasteiger charge is 2.35. The van der Waals surface area contributed by atoms with Crippen molar-refractivity contribution in [1.82, 2.24) is 10.2 Å². The molecule has 0 spiro atoms. The Kier molecular flexibility index (Phi) is 10.9. The van der Waals surface area contributed by atoms with Crippen LogP contribution in [0.2, 0.25) is 0 Å². The Morgan fingerprint density at radius 3 is 2.00 bits per heavy atom. The number of amides is 2. The fourth-order valence-corrected chi connectivity index (χ4v) is 6.16. The van der Waals surface area contributed by atoms with Crippen molar-refractivity contribution in [1.29, 1.82) is 0 Å². The molecule has 2 atom stereocenters. The van der Waals surface area contributed by atoms with E-state index in [1.54, 1.807) is 54.6 Å². The lowest BCUT2D eigenvalue weighted by Gasteiger charge is -2.34. The topological polar surface area (TPSA) is 86.8 Å². The fourth-order valence-electron chi connectivity index (χ4n) is 4.74. The van der Waals surface area contributed by atoms with Crippen LogP contribution in [0.25, 0.3) is 0 Å². The van der Waals surface area contributed by atoms with Crippen molar-refractivity contribution in [3.63, 3.8) is 0 Å². The second-order valence-corrected chi connectivity index (χ2v) is 12.7. The van der Waals surface area contributed by atoms with Crippen molar-refractivity contribution in [2.45, 2.75) is 57.1 Å². The highest BCUT2D eigenvalue weighted by atomic mass is 32.2. The minimum Gasteiger partial charge on any atom is -0.352 e. The zero-order valence-corrected chi connectivity index (χ0v) is 26.0. The molecule has 4 aromatic rings. The zero-order chi connectivity index (χ0) is 31.7. The molecule has 0 fully saturated rings. The normalized spacial score (nSPS) is 12.6. The Bertz CT molecular complexity index is 1630. The molecule has 0 aliphatic carbocycles. The van der Waals surface area contributed by atoms with E-state index in [4.69, 9.17) is 0 Å². The highest BCUT2D eigenvalue weighted by molar-refractivity contribution is 7.92. The summed E-state index contributed by atoms with van der Waals surface area (Å²) < 4.78 is 42.9. The van der Waals surface area contributed by atoms with Crippen molar-refractivity contribution in [3.05, 3.63) is 132 Å². The maximum absolute atomic E-state index is 14.4. The Hall–Kier alpha value is -4.50. The van der Waals surface area contributed by atoms with Gasteiger partial charge in [0.1, 0.15) is 18.4 Å². The first-order valence-corrected chi connectivity index (χ1v) is 16.0. The molecular weight excluding hydrogens is 577 g/mol. The number of hydrogen-bond acceptors (Lipinski definition) is 4. The standard InChI is InChI=1S/C35H38FN3O4S/c1-4-27(3)37-35(41)33(23-28-11-7-5-8-12-28)38(24-29-17-19-30(36)20-18-29)34(40)25-39(31-13-9-6-10-14-31)44(42,43)32-21-15-26(2)16-22-32/h5-22,27,33H,4,23-25H2,1-3H3,(H,37,41)/t27-,33-/m1/s1. The third-order valence-electron chi connectivity index (χ3n) is 7.47. The Morgan fingerprint density at radius 2 is 1.41 bits per heavy atom. The molecule has 0 unspecified atom stereocenters. The van der Waals surface area contributed by atoms with Gasteiger partial charge < -0.3 is 10.2 Å². The summed E-state index contributed by atoms with van der Waals surface area (Å²) >= 11 is 0. The number of halogens is 1. The molecule has 4 rings (SSSR count). The molecule has 0 saturated heterocycles. The van der Waals surface area contributed by atoms with Crippen LogP contribution < -0.4 is 9.62 Å². The van der Waals surface area contributed by atoms with E-state index in [0.717, 1.165) is 15.4 Å². The fraction of sp³-hybridized carbons (Fsp3) is 0.257. The minimum absolute atomic E-state index is 0.0300. The van der Waals surface area contributed by atoms with E-state index in [0.29, 0.717) is 17.7 Å². The van der Waals surface area contributed by atoms with Crippen LogP contribution in [-0.4, -0.2) is 43.8 Å². The maximum atomic E-state index is 14.4. The number of aryl methyl sites for hydroxylation is 1. The molecule has 9 heteroatoms. The molecule has 4 aromatic carbocycles. The van der Waals surface area contributed by atoms with Gasteiger partial charge in [0.25, 0.3) is 10.0 Å². The van der Waals surface area contributed by atoms with E-state index in [9.17, 15) is 22.4 Å². The Morgan fingerprint density at radius 1 is 0.818 bits per heavy atom. The highest BCUT2D eigenvalue weighted by Crippen LogP contribution is 2.25. The molecule has 0 aromatic heterocycles. The van der Waals surface area contributed by atoms with Gasteiger partial charge in [-0.15, -0.1) is 0 Å². The average Bonchev–Trinajstić information content (AvgIpc) is 3.03. The van der Waals surface area contributed by atoms with Crippen LogP contribution in [-0.2, 0) is 32.6 Å². The van der Waals surface area contributed by atoms with E-state index in [1.165, 1.54) is 29.2 Å². The molecule has 0 heterocycles. The minimum atomic E-state index is -4.17. The van der Waals surface area contributed by atoms with Gasteiger partial charge in [-0.25, -0.2) is 12.8 Å². The average molecular weight is 616 g/mol. The van der Waals surface area contributed by atoms with Gasteiger partial charge in [-0.1, -0.05) is 85.3 Å². The zero-order valence-electron chi connectivity index (χ0n) is 25.2. The summed E-state index contributed by atoms with van der Waals surface area (Å²) in [6, 6.07) is 28.8. The number of nitrogens with zero attached hydrogens (tertiary/aromatic N) is 2. The van der Waals surface area contributed by atoms with Crippen LogP contribution in [0.5, 0.6) is 0 Å². The third kappa shape index (κ3) is 8.32. The number of anilines is 1. The summed E-state index contributed by atoms with van der Waals surface area (Å²) in [7, 11) is -4.17. The SMILES string of the molecule is CC[C@@H](C)NC(=O)[C@@H](Cc1ccccc1)N(Cc1ccc(F)cc1)C(=O)CN(c1ccccc1)S(=O)(=O)c1ccc(C)cc1. The molecule has 1 N–H and O–H groups in total. The smallest absolute Gasteiger partial charge is 0.264 e. The van der Waals surface area contributed by atoms with E-state index in [-0.39, 0.29) is 29.8 Å². The molecule has 0 aliphatic rings. The van der Waals surface area contributed by atoms with Gasteiger partial charge in [0.2, 0.25) is 11.8 Å². The van der Waals surface area contributed by atoms with E-state index in [1.807, 2.05) is 51.1 Å². The van der Waals surface area contributed by atoms with Crippen molar-refractivity contribution < 1.29 is 22.4 Å². The van der Waals surface area contributed by atoms with Gasteiger partial charge >= 0.3 is 0 Å². The molecule has 0 bridgehead atoms. The Labute approximate surface area is 259 Å². The number of para-hydroxylation sites is 1. The lowest BCUT2D eigenvalue weighted by molar-refractivity contribution is -0.140. The number of carbonyl (C=O) groups is 2. The number of nitrogens with one attached hydrogen (secondary N) is 1. The quantitative estimate of drug-likeness (QED) is 0.203. The van der Waals surface area contributed by atoms with Crippen molar-refractivity contribution in [2.24, 2.45) is 0 Å². The van der Waals surface area contributed by atoms with E-state index >= 15 is 0 Å². The molecule has 0 saturated carbocycles. The van der Waals surface area contributed by atoms with Crippen LogP contribution in [0.1, 0.15) is 37.0 Å². The summed E-state index contributed by atoms with van der Waals surface area (Å²) in [6.45, 7) is 5.11. The van der Waals surface area contributed by atoms with Gasteiger partial charge in [0, 0.05) is 19.0 Å². The molecule has 0 radical (unpaired) electrons. The van der Waals surface area contributed by atoms with Gasteiger partial charge in [-0.05, 0) is 67.8 Å². The van der Waals surface area contributed by atoms with E-state index in [2.05, 4.69) is 5.32 Å². The number of benzene rings is 4. The van der Waals surface area contributed by atoms with E-state index < -0.39 is 34.3 Å². The molecular formula is C35H38FN3O4S. The maximum Gasteiger partial charge on any atom is 0.264 e. The first kappa shape index (κ1) is 32.4. The molecule has 230 valence electrons. The summed E-state index contributed by atoms with van der Waals surface area (Å²) in [5, 5.41) is 3.00. The first-order valence-electron chi connectivity index (χ1n) is 14.6. The lowest BCUT2D eigenvalue weighted by atomic mass is 10.0. The molecule has 2 amide bonds. The molecule has 44 heavy (non-hydrogen) atoms. The second-order valence-electron chi connectivity index (χ2n) is 10.8. The van der Waals surface area contributed by atoms with Gasteiger partial charge in [-0.2, -0.15) is 0 Å². The lowest BCUT2D eigenvalue weighted by Crippen LogP contribution is -2.54.